The Morgan fingerprint density at radius 2 is 1.66 bits per heavy atom. The van der Waals surface area contributed by atoms with E-state index >= 15 is 0 Å². The van der Waals surface area contributed by atoms with E-state index in [-0.39, 0.29) is 49.5 Å². The predicted octanol–water partition coefficient (Wildman–Crippen LogP) is 11.2. The van der Waals surface area contributed by atoms with E-state index in [1.807, 2.05) is 68.4 Å². The van der Waals surface area contributed by atoms with Gasteiger partial charge in [0.1, 0.15) is 59.0 Å². The van der Waals surface area contributed by atoms with Crippen molar-refractivity contribution < 1.29 is 51.6 Å². The summed E-state index contributed by atoms with van der Waals surface area (Å²) in [5, 5.41) is 10.3. The van der Waals surface area contributed by atoms with Crippen LogP contribution in [0.3, 0.4) is 0 Å². The molecule has 0 amide bonds. The zero-order valence-electron chi connectivity index (χ0n) is 41.7. The summed E-state index contributed by atoms with van der Waals surface area (Å²) >= 11 is 0. The zero-order chi connectivity index (χ0) is 50.9. The van der Waals surface area contributed by atoms with Crippen molar-refractivity contribution in [2.75, 3.05) is 33.5 Å². The summed E-state index contributed by atoms with van der Waals surface area (Å²) in [6, 6.07) is 24.5. The minimum absolute atomic E-state index is 0.0325. The summed E-state index contributed by atoms with van der Waals surface area (Å²) in [5.41, 5.74) is 5.48. The van der Waals surface area contributed by atoms with Crippen molar-refractivity contribution in [2.24, 2.45) is 0 Å². The first-order chi connectivity index (χ1) is 34.0. The van der Waals surface area contributed by atoms with Gasteiger partial charge in [-0.1, -0.05) is 39.0 Å². The van der Waals surface area contributed by atoms with E-state index in [0.717, 1.165) is 22.3 Å². The number of carbonyl (C=O) groups is 1. The van der Waals surface area contributed by atoms with Crippen LogP contribution in [-0.2, 0) is 27.3 Å². The quantitative estimate of drug-likeness (QED) is 0.0295. The number of nitrogens with zero attached hydrogens (tertiary/aromatic N) is 4. The normalized spacial score (nSPS) is 12.5. The first-order valence-corrected chi connectivity index (χ1v) is 26.3. The van der Waals surface area contributed by atoms with E-state index in [0.29, 0.717) is 69.0 Å². The molecule has 7 rings (SSSR count). The van der Waals surface area contributed by atoms with E-state index in [4.69, 9.17) is 42.2 Å². The van der Waals surface area contributed by atoms with Gasteiger partial charge in [-0.2, -0.15) is 0 Å². The molecule has 2 atom stereocenters. The standard InChI is InChI=1S/C55H61FN4O10Si/c1-11-25-64-32-42(30-61)67-41-26-34(3)47(35(4)27-41)48-49-52(58-33-59-53(49)69-50(48)36-17-19-38(56)20-18-36)68-46(54(62)65-12-2)29-37-28-40(70-71(9,10)55(5,6)7)21-22-44(37)66-31-39-23-24-57-51(60-39)43-15-13-14-16-45(43)63-8/h11,13-24,26-28,33,42,46,61H,1,12,25,29-32H2,2-10H3/t42-,46+/m0/s1. The summed E-state index contributed by atoms with van der Waals surface area (Å²) < 4.78 is 64.0. The van der Waals surface area contributed by atoms with Crippen LogP contribution in [0.4, 0.5) is 4.39 Å². The van der Waals surface area contributed by atoms with Crippen LogP contribution >= 0.6 is 0 Å². The Labute approximate surface area is 414 Å². The molecule has 0 aliphatic rings. The number of hydrogen-bond donors (Lipinski definition) is 1. The molecule has 0 saturated carbocycles. The van der Waals surface area contributed by atoms with Crippen LogP contribution < -0.4 is 23.4 Å². The number of esters is 1. The highest BCUT2D eigenvalue weighted by Crippen LogP contribution is 2.47. The number of benzene rings is 4. The van der Waals surface area contributed by atoms with E-state index in [1.54, 1.807) is 44.5 Å². The second kappa shape index (κ2) is 22.7. The molecule has 0 aliphatic heterocycles. The third kappa shape index (κ3) is 12.2. The van der Waals surface area contributed by atoms with Crippen molar-refractivity contribution in [1.82, 2.24) is 19.9 Å². The molecule has 0 saturated heterocycles. The topological polar surface area (TPSA) is 167 Å². The minimum atomic E-state index is -2.33. The number of para-hydroxylation sites is 1. The summed E-state index contributed by atoms with van der Waals surface area (Å²) in [6.45, 7) is 20.4. The van der Waals surface area contributed by atoms with Crippen LogP contribution in [0, 0.1) is 19.7 Å². The third-order valence-electron chi connectivity index (χ3n) is 12.2. The highest BCUT2D eigenvalue weighted by molar-refractivity contribution is 6.74. The van der Waals surface area contributed by atoms with Crippen molar-refractivity contribution in [1.29, 1.82) is 0 Å². The Hall–Kier alpha value is -7.14. The number of fused-ring (bicyclic) bond motifs is 1. The van der Waals surface area contributed by atoms with Gasteiger partial charge in [0.2, 0.25) is 26.0 Å². The number of aliphatic hydroxyl groups excluding tert-OH is 1. The molecule has 1 N–H and O–H groups in total. The lowest BCUT2D eigenvalue weighted by Gasteiger charge is -2.36. The lowest BCUT2D eigenvalue weighted by Crippen LogP contribution is -2.43. The summed E-state index contributed by atoms with van der Waals surface area (Å²) in [4.78, 5) is 32.7. The number of halogens is 1. The molecular formula is C55H61FN4O10Si. The fraction of sp³-hybridized carbons (Fsp3) is 0.327. The number of carbonyl (C=O) groups excluding carboxylic acids is 1. The maximum Gasteiger partial charge on any atom is 0.347 e. The van der Waals surface area contributed by atoms with Gasteiger partial charge in [0.15, 0.2) is 5.82 Å². The molecular weight excluding hydrogens is 924 g/mol. The molecule has 372 valence electrons. The number of aliphatic hydroxyl groups is 1. The fourth-order valence-electron chi connectivity index (χ4n) is 7.72. The number of methoxy groups -OCH3 is 1. The maximum atomic E-state index is 14.4. The molecule has 14 nitrogen and oxygen atoms in total. The Balaban J connectivity index is 1.31. The number of aromatic nitrogens is 4. The van der Waals surface area contributed by atoms with Crippen LogP contribution in [0.25, 0.3) is 44.9 Å². The van der Waals surface area contributed by atoms with Crippen molar-refractivity contribution in [2.45, 2.75) is 84.9 Å². The maximum absolute atomic E-state index is 14.4. The molecule has 0 bridgehead atoms. The third-order valence-corrected chi connectivity index (χ3v) is 16.6. The summed E-state index contributed by atoms with van der Waals surface area (Å²) in [7, 11) is -0.735. The van der Waals surface area contributed by atoms with Gasteiger partial charge in [-0.05, 0) is 128 Å². The monoisotopic (exact) mass is 984 g/mol. The van der Waals surface area contributed by atoms with Gasteiger partial charge in [-0.3, -0.25) is 0 Å². The number of furan rings is 1. The molecule has 16 heteroatoms. The number of aryl methyl sites for hydroxylation is 2. The Morgan fingerprint density at radius 3 is 2.35 bits per heavy atom. The van der Waals surface area contributed by atoms with Crippen LogP contribution in [-0.4, -0.2) is 85.1 Å². The Bertz CT molecular complexity index is 2950. The van der Waals surface area contributed by atoms with Crippen LogP contribution in [0.1, 0.15) is 50.1 Å². The molecule has 0 fully saturated rings. The predicted molar refractivity (Wildman–Crippen MR) is 272 cm³/mol. The van der Waals surface area contributed by atoms with E-state index in [1.165, 1.54) is 18.5 Å². The van der Waals surface area contributed by atoms with Gasteiger partial charge < -0.3 is 42.4 Å². The number of rotatable bonds is 22. The molecule has 3 aromatic heterocycles. The van der Waals surface area contributed by atoms with Crippen molar-refractivity contribution >= 4 is 25.4 Å². The van der Waals surface area contributed by atoms with E-state index in [2.05, 4.69) is 55.4 Å². The fourth-order valence-corrected chi connectivity index (χ4v) is 8.74. The summed E-state index contributed by atoms with van der Waals surface area (Å²) in [5.74, 6) is 2.03. The largest absolute Gasteiger partial charge is 0.543 e. The second-order valence-corrected chi connectivity index (χ2v) is 23.1. The highest BCUT2D eigenvalue weighted by atomic mass is 28.4. The van der Waals surface area contributed by atoms with Gasteiger partial charge in [-0.25, -0.2) is 29.1 Å². The molecule has 7 aromatic rings. The molecule has 0 unspecified atom stereocenters. The molecule has 0 spiro atoms. The van der Waals surface area contributed by atoms with Crippen molar-refractivity contribution in [3.05, 3.63) is 138 Å². The number of ether oxygens (including phenoxy) is 6. The van der Waals surface area contributed by atoms with Gasteiger partial charge in [-0.15, -0.1) is 6.58 Å². The Kier molecular flexibility index (Phi) is 16.6. The minimum Gasteiger partial charge on any atom is -0.543 e. The molecule has 0 aliphatic carbocycles. The van der Waals surface area contributed by atoms with Gasteiger partial charge in [0, 0.05) is 29.3 Å². The van der Waals surface area contributed by atoms with E-state index in [9.17, 15) is 14.3 Å². The van der Waals surface area contributed by atoms with E-state index < -0.39 is 32.3 Å². The average Bonchev–Trinajstić information content (AvgIpc) is 3.72. The Morgan fingerprint density at radius 1 is 0.915 bits per heavy atom. The molecule has 3 heterocycles. The van der Waals surface area contributed by atoms with Crippen molar-refractivity contribution in [3.8, 4) is 62.7 Å². The van der Waals surface area contributed by atoms with Crippen molar-refractivity contribution in [3.63, 3.8) is 0 Å². The van der Waals surface area contributed by atoms with Crippen LogP contribution in [0.2, 0.25) is 18.1 Å². The highest BCUT2D eigenvalue weighted by Gasteiger charge is 2.39. The SMILES string of the molecule is C=CCOC[C@H](CO)Oc1cc(C)c(-c2c(-c3ccc(F)cc3)oc3ncnc(O[C@H](Cc4cc(O[Si](C)(C)C(C)(C)C)ccc4OCc4ccnc(-c5ccccc5OC)n4)C(=O)OCC)c23)c(C)c1. The molecule has 4 aromatic carbocycles. The van der Waals surface area contributed by atoms with Gasteiger partial charge >= 0.3 is 5.97 Å². The lowest BCUT2D eigenvalue weighted by molar-refractivity contribution is -0.151. The lowest BCUT2D eigenvalue weighted by atomic mass is 9.92. The molecule has 71 heavy (non-hydrogen) atoms. The summed E-state index contributed by atoms with van der Waals surface area (Å²) in [6.07, 6.45) is 2.65. The van der Waals surface area contributed by atoms with Crippen LogP contribution in [0.5, 0.6) is 28.9 Å². The van der Waals surface area contributed by atoms with Gasteiger partial charge in [0.25, 0.3) is 0 Å². The second-order valence-electron chi connectivity index (χ2n) is 18.4. The smallest absolute Gasteiger partial charge is 0.347 e. The van der Waals surface area contributed by atoms with Gasteiger partial charge in [0.05, 0.1) is 44.8 Å². The molecule has 0 radical (unpaired) electrons. The zero-order valence-corrected chi connectivity index (χ0v) is 42.7. The van der Waals surface area contributed by atoms with Crippen LogP contribution in [0.15, 0.2) is 115 Å². The first kappa shape index (κ1) is 51.7. The first-order valence-electron chi connectivity index (χ1n) is 23.4. The number of hydrogen-bond acceptors (Lipinski definition) is 14. The average molecular weight is 985 g/mol.